The fourth-order valence-corrected chi connectivity index (χ4v) is 3.97. The Kier molecular flexibility index (Phi) is 5.75. The molecule has 1 fully saturated rings. The summed E-state index contributed by atoms with van der Waals surface area (Å²) in [5.74, 6) is -0.873. The maximum Gasteiger partial charge on any atom is 0.335 e. The van der Waals surface area contributed by atoms with Crippen LogP contribution >= 0.6 is 11.3 Å². The van der Waals surface area contributed by atoms with Crippen LogP contribution in [0.1, 0.15) is 47.4 Å². The van der Waals surface area contributed by atoms with Crippen LogP contribution in [0.4, 0.5) is 0 Å². The Balaban J connectivity index is 1.48. The smallest absolute Gasteiger partial charge is 0.335 e. The molecule has 1 aromatic heterocycles. The Bertz CT molecular complexity index is 741. The van der Waals surface area contributed by atoms with Crippen molar-refractivity contribution in [1.29, 1.82) is 0 Å². The van der Waals surface area contributed by atoms with Gasteiger partial charge in [0.1, 0.15) is 0 Å². The summed E-state index contributed by atoms with van der Waals surface area (Å²) in [7, 11) is 0. The van der Waals surface area contributed by atoms with E-state index in [9.17, 15) is 4.79 Å². The molecule has 0 atom stereocenters. The Hall–Kier alpha value is -1.76. The van der Waals surface area contributed by atoms with Crippen LogP contribution in [0.25, 0.3) is 0 Å². The van der Waals surface area contributed by atoms with Crippen LogP contribution in [0.3, 0.4) is 0 Å². The van der Waals surface area contributed by atoms with E-state index in [-0.39, 0.29) is 5.41 Å². The van der Waals surface area contributed by atoms with Gasteiger partial charge in [0, 0.05) is 50.1 Å². The van der Waals surface area contributed by atoms with E-state index < -0.39 is 5.97 Å². The first-order chi connectivity index (χ1) is 12.3. The number of piperazine rings is 1. The van der Waals surface area contributed by atoms with Gasteiger partial charge in [-0.3, -0.25) is 9.80 Å². The van der Waals surface area contributed by atoms with Gasteiger partial charge in [-0.15, -0.1) is 11.3 Å². The summed E-state index contributed by atoms with van der Waals surface area (Å²) in [5.41, 5.74) is 2.81. The zero-order valence-electron chi connectivity index (χ0n) is 15.7. The number of carboxylic acids is 1. The topological polar surface area (TPSA) is 56.7 Å². The van der Waals surface area contributed by atoms with Gasteiger partial charge in [0.15, 0.2) is 0 Å². The largest absolute Gasteiger partial charge is 0.478 e. The van der Waals surface area contributed by atoms with E-state index in [1.165, 1.54) is 10.7 Å². The molecule has 0 saturated carbocycles. The van der Waals surface area contributed by atoms with Crippen LogP contribution in [0, 0.1) is 0 Å². The minimum absolute atomic E-state index is 0.123. The number of rotatable bonds is 5. The molecule has 1 aromatic carbocycles. The third-order valence-corrected chi connectivity index (χ3v) is 5.97. The summed E-state index contributed by atoms with van der Waals surface area (Å²) in [4.78, 5) is 20.6. The van der Waals surface area contributed by atoms with Crippen molar-refractivity contribution in [3.8, 4) is 0 Å². The monoisotopic (exact) mass is 373 g/mol. The molecular formula is C20H27N3O2S. The second-order valence-electron chi connectivity index (χ2n) is 7.95. The fourth-order valence-electron chi connectivity index (χ4n) is 3.07. The van der Waals surface area contributed by atoms with Gasteiger partial charge in [0.05, 0.1) is 16.3 Å². The van der Waals surface area contributed by atoms with Crippen LogP contribution in [0.15, 0.2) is 29.6 Å². The van der Waals surface area contributed by atoms with E-state index in [1.807, 2.05) is 12.1 Å². The van der Waals surface area contributed by atoms with Crippen molar-refractivity contribution in [2.75, 3.05) is 26.2 Å². The van der Waals surface area contributed by atoms with Gasteiger partial charge >= 0.3 is 5.97 Å². The van der Waals surface area contributed by atoms with Crippen LogP contribution < -0.4 is 0 Å². The Morgan fingerprint density at radius 1 is 1.08 bits per heavy atom. The molecule has 5 nitrogen and oxygen atoms in total. The summed E-state index contributed by atoms with van der Waals surface area (Å²) in [6.07, 6.45) is 0. The second-order valence-corrected chi connectivity index (χ2v) is 8.81. The predicted octanol–water partition coefficient (Wildman–Crippen LogP) is 3.46. The molecule has 2 heterocycles. The molecule has 1 aliphatic heterocycles. The summed E-state index contributed by atoms with van der Waals surface area (Å²) < 4.78 is 0. The number of benzene rings is 1. The molecule has 26 heavy (non-hydrogen) atoms. The molecule has 0 unspecified atom stereocenters. The maximum absolute atomic E-state index is 10.9. The molecule has 0 bridgehead atoms. The molecule has 3 rings (SSSR count). The molecule has 1 saturated heterocycles. The van der Waals surface area contributed by atoms with E-state index in [4.69, 9.17) is 10.1 Å². The molecule has 0 radical (unpaired) electrons. The average Bonchev–Trinajstić information content (AvgIpc) is 3.06. The summed E-state index contributed by atoms with van der Waals surface area (Å²) in [5, 5.41) is 12.4. The van der Waals surface area contributed by atoms with Crippen molar-refractivity contribution in [2.24, 2.45) is 0 Å². The van der Waals surface area contributed by atoms with Crippen LogP contribution in [-0.4, -0.2) is 52.0 Å². The molecule has 1 N–H and O–H groups in total. The number of nitrogens with zero attached hydrogens (tertiary/aromatic N) is 3. The highest BCUT2D eigenvalue weighted by Crippen LogP contribution is 2.26. The molecule has 0 amide bonds. The standard InChI is InChI=1S/C20H27N3O2S/c1-20(2,3)19-21-17(14-26-19)13-23-10-8-22(9-11-23)12-15-4-6-16(7-5-15)18(24)25/h4-7,14H,8-13H2,1-3H3,(H,24,25). The van der Waals surface area contributed by atoms with Crippen LogP contribution in [-0.2, 0) is 18.5 Å². The zero-order valence-corrected chi connectivity index (χ0v) is 16.6. The Morgan fingerprint density at radius 3 is 2.15 bits per heavy atom. The van der Waals surface area contributed by atoms with Crippen molar-refractivity contribution >= 4 is 17.3 Å². The van der Waals surface area contributed by atoms with Crippen molar-refractivity contribution in [1.82, 2.24) is 14.8 Å². The summed E-state index contributed by atoms with van der Waals surface area (Å²) in [6.45, 7) is 12.5. The van der Waals surface area contributed by atoms with Crippen LogP contribution in [0.5, 0.6) is 0 Å². The SMILES string of the molecule is CC(C)(C)c1nc(CN2CCN(Cc3ccc(C(=O)O)cc3)CC2)cs1. The lowest BCUT2D eigenvalue weighted by molar-refractivity contribution is 0.0697. The van der Waals surface area contributed by atoms with Gasteiger partial charge in [0.25, 0.3) is 0 Å². The number of aromatic carboxylic acids is 1. The van der Waals surface area contributed by atoms with Gasteiger partial charge in [-0.25, -0.2) is 9.78 Å². The predicted molar refractivity (Wildman–Crippen MR) is 105 cm³/mol. The molecule has 1 aliphatic rings. The highest BCUT2D eigenvalue weighted by Gasteiger charge is 2.21. The van der Waals surface area contributed by atoms with E-state index >= 15 is 0 Å². The molecule has 140 valence electrons. The lowest BCUT2D eigenvalue weighted by Crippen LogP contribution is -2.45. The number of hydrogen-bond acceptors (Lipinski definition) is 5. The van der Waals surface area contributed by atoms with Crippen molar-refractivity contribution < 1.29 is 9.90 Å². The molecule has 6 heteroatoms. The molecule has 0 spiro atoms. The highest BCUT2D eigenvalue weighted by atomic mass is 32.1. The van der Waals surface area contributed by atoms with Crippen LogP contribution in [0.2, 0.25) is 0 Å². The van der Waals surface area contributed by atoms with Gasteiger partial charge in [-0.1, -0.05) is 32.9 Å². The van der Waals surface area contributed by atoms with E-state index in [1.54, 1.807) is 23.5 Å². The second kappa shape index (κ2) is 7.86. The average molecular weight is 374 g/mol. The molecular weight excluding hydrogens is 346 g/mol. The zero-order chi connectivity index (χ0) is 18.7. The Labute approximate surface area is 159 Å². The molecule has 0 aliphatic carbocycles. The quantitative estimate of drug-likeness (QED) is 0.870. The van der Waals surface area contributed by atoms with Gasteiger partial charge in [-0.2, -0.15) is 0 Å². The van der Waals surface area contributed by atoms with E-state index in [0.29, 0.717) is 5.56 Å². The minimum atomic E-state index is -0.873. The normalized spacial score (nSPS) is 16.7. The third-order valence-electron chi connectivity index (χ3n) is 4.65. The maximum atomic E-state index is 10.9. The van der Waals surface area contributed by atoms with E-state index in [2.05, 4.69) is 36.0 Å². The summed E-state index contributed by atoms with van der Waals surface area (Å²) >= 11 is 1.76. The number of hydrogen-bond donors (Lipinski definition) is 1. The third kappa shape index (κ3) is 4.90. The number of thiazole rings is 1. The van der Waals surface area contributed by atoms with E-state index in [0.717, 1.165) is 44.8 Å². The molecule has 2 aromatic rings. The first kappa shape index (κ1) is 19.0. The lowest BCUT2D eigenvalue weighted by atomic mass is 9.98. The van der Waals surface area contributed by atoms with Crippen molar-refractivity contribution in [3.63, 3.8) is 0 Å². The van der Waals surface area contributed by atoms with Gasteiger partial charge < -0.3 is 5.11 Å². The number of aromatic nitrogens is 1. The van der Waals surface area contributed by atoms with Crippen molar-refractivity contribution in [2.45, 2.75) is 39.3 Å². The first-order valence-electron chi connectivity index (χ1n) is 9.03. The fraction of sp³-hybridized carbons (Fsp3) is 0.500. The Morgan fingerprint density at radius 2 is 1.65 bits per heavy atom. The minimum Gasteiger partial charge on any atom is -0.478 e. The first-order valence-corrected chi connectivity index (χ1v) is 9.91. The number of carboxylic acid groups (broad SMARTS) is 1. The summed E-state index contributed by atoms with van der Waals surface area (Å²) in [6, 6.07) is 7.20. The highest BCUT2D eigenvalue weighted by molar-refractivity contribution is 7.09. The number of carbonyl (C=O) groups is 1. The van der Waals surface area contributed by atoms with Crippen molar-refractivity contribution in [3.05, 3.63) is 51.5 Å². The van der Waals surface area contributed by atoms with Gasteiger partial charge in [-0.05, 0) is 17.7 Å². The van der Waals surface area contributed by atoms with Gasteiger partial charge in [0.2, 0.25) is 0 Å². The lowest BCUT2D eigenvalue weighted by Gasteiger charge is -2.34.